The minimum atomic E-state index is -1.07. The van der Waals surface area contributed by atoms with Crippen LogP contribution >= 0.6 is 0 Å². The normalized spacial score (nSPS) is 12.4. The van der Waals surface area contributed by atoms with Gasteiger partial charge in [0.05, 0.1) is 0 Å². The number of hydrogen-bond acceptors (Lipinski definition) is 2. The van der Waals surface area contributed by atoms with Crippen LogP contribution in [-0.4, -0.2) is 17.1 Å². The number of nitrogens with two attached hydrogens (primary N) is 1. The molecule has 3 N–H and O–H groups in total. The summed E-state index contributed by atoms with van der Waals surface area (Å²) in [4.78, 5) is 10.5. The monoisotopic (exact) mass is 181 g/mol. The van der Waals surface area contributed by atoms with Crippen molar-refractivity contribution in [3.63, 3.8) is 0 Å². The van der Waals surface area contributed by atoms with Crippen molar-refractivity contribution >= 4 is 5.97 Å². The van der Waals surface area contributed by atoms with Gasteiger partial charge in [0.2, 0.25) is 0 Å². The molecule has 0 aromatic heterocycles. The summed E-state index contributed by atoms with van der Waals surface area (Å²) < 4.78 is 0. The molecule has 1 aromatic rings. The molecule has 0 saturated heterocycles. The van der Waals surface area contributed by atoms with Crippen molar-refractivity contribution in [2.75, 3.05) is 0 Å². The Morgan fingerprint density at radius 2 is 2.08 bits per heavy atom. The molecule has 13 heavy (non-hydrogen) atoms. The van der Waals surface area contributed by atoms with Crippen LogP contribution in [0.15, 0.2) is 30.3 Å². The second kappa shape index (κ2) is 4.59. The first-order valence-corrected chi connectivity index (χ1v) is 3.96. The molecule has 0 aliphatic heterocycles. The molecule has 0 heterocycles. The molecule has 1 atom stereocenters. The third-order valence-corrected chi connectivity index (χ3v) is 1.78. The summed E-state index contributed by atoms with van der Waals surface area (Å²) in [6.45, 7) is 0. The number of hydroxylamine groups is 1. The van der Waals surface area contributed by atoms with E-state index in [-0.39, 0.29) is 6.42 Å². The first-order valence-electron chi connectivity index (χ1n) is 3.96. The quantitative estimate of drug-likeness (QED) is 0.628. The second-order valence-electron chi connectivity index (χ2n) is 2.77. The van der Waals surface area contributed by atoms with Crippen molar-refractivity contribution in [2.24, 2.45) is 0 Å². The van der Waals surface area contributed by atoms with Gasteiger partial charge in [-0.2, -0.15) is 0 Å². The van der Waals surface area contributed by atoms with E-state index < -0.39 is 12.0 Å². The third kappa shape index (κ3) is 2.85. The predicted molar refractivity (Wildman–Crippen MR) is 46.9 cm³/mol. The molecule has 0 saturated carbocycles. The van der Waals surface area contributed by atoms with Crippen LogP contribution in [0.1, 0.15) is 5.56 Å². The lowest BCUT2D eigenvalue weighted by Crippen LogP contribution is -2.87. The highest BCUT2D eigenvalue weighted by Gasteiger charge is 2.17. The Balaban J connectivity index is 2.62. The molecule has 4 heteroatoms. The van der Waals surface area contributed by atoms with E-state index >= 15 is 0 Å². The molecule has 0 spiro atoms. The SMILES string of the molecule is O=C(O)[C@H](Cc1ccccc1)[NH2+][O-]. The summed E-state index contributed by atoms with van der Waals surface area (Å²) in [7, 11) is 0. The van der Waals surface area contributed by atoms with Crippen LogP contribution in [0.2, 0.25) is 0 Å². The molecule has 0 aliphatic carbocycles. The number of hydrogen-bond donors (Lipinski definition) is 2. The van der Waals surface area contributed by atoms with Crippen molar-refractivity contribution in [1.82, 2.24) is 0 Å². The van der Waals surface area contributed by atoms with Gasteiger partial charge in [0, 0.05) is 6.42 Å². The number of carboxylic acid groups (broad SMARTS) is 1. The van der Waals surface area contributed by atoms with Gasteiger partial charge >= 0.3 is 5.97 Å². The third-order valence-electron chi connectivity index (χ3n) is 1.78. The summed E-state index contributed by atoms with van der Waals surface area (Å²) in [6.07, 6.45) is 0.264. The Kier molecular flexibility index (Phi) is 3.42. The van der Waals surface area contributed by atoms with Crippen molar-refractivity contribution in [1.29, 1.82) is 0 Å². The maximum atomic E-state index is 10.5. The van der Waals surface area contributed by atoms with Crippen molar-refractivity contribution in [3.05, 3.63) is 41.1 Å². The summed E-state index contributed by atoms with van der Waals surface area (Å²) in [5, 5.41) is 19.0. The minimum absolute atomic E-state index is 0.264. The Morgan fingerprint density at radius 1 is 1.46 bits per heavy atom. The molecule has 0 amide bonds. The summed E-state index contributed by atoms with van der Waals surface area (Å²) in [5.74, 6) is -1.07. The fraction of sp³-hybridized carbons (Fsp3) is 0.222. The fourth-order valence-electron chi connectivity index (χ4n) is 1.06. The van der Waals surface area contributed by atoms with Crippen molar-refractivity contribution in [2.45, 2.75) is 12.5 Å². The Labute approximate surface area is 75.8 Å². The predicted octanol–water partition coefficient (Wildman–Crippen LogP) is -0.256. The lowest BCUT2D eigenvalue weighted by Gasteiger charge is -2.12. The summed E-state index contributed by atoms with van der Waals surface area (Å²) in [6, 6.07) is 8.17. The molecule has 1 rings (SSSR count). The first-order chi connectivity index (χ1) is 6.24. The van der Waals surface area contributed by atoms with E-state index in [1.54, 1.807) is 12.1 Å². The largest absolute Gasteiger partial charge is 0.635 e. The van der Waals surface area contributed by atoms with E-state index in [0.29, 0.717) is 5.48 Å². The van der Waals surface area contributed by atoms with E-state index in [2.05, 4.69) is 0 Å². The highest BCUT2D eigenvalue weighted by Crippen LogP contribution is 2.00. The second-order valence-corrected chi connectivity index (χ2v) is 2.77. The average Bonchev–Trinajstić information content (AvgIpc) is 2.15. The van der Waals surface area contributed by atoms with Gasteiger partial charge in [-0.1, -0.05) is 30.3 Å². The zero-order valence-corrected chi connectivity index (χ0v) is 7.01. The maximum Gasteiger partial charge on any atom is 0.363 e. The molecular weight excluding hydrogens is 170 g/mol. The standard InChI is InChI=1S/C9H11NO3/c11-9(12)8(10-13)6-7-4-2-1-3-5-7/h1-5,8H,6,10H2,(H,11,12)/t8-/m0/s1. The molecule has 0 radical (unpaired) electrons. The topological polar surface area (TPSA) is 77.0 Å². The molecule has 0 bridgehead atoms. The number of carboxylic acids is 1. The molecule has 0 unspecified atom stereocenters. The van der Waals surface area contributed by atoms with Gasteiger partial charge in [-0.3, -0.25) is 0 Å². The van der Waals surface area contributed by atoms with Gasteiger partial charge in [0.15, 0.2) is 6.04 Å². The molecule has 70 valence electrons. The van der Waals surface area contributed by atoms with E-state index in [1.807, 2.05) is 18.2 Å². The minimum Gasteiger partial charge on any atom is -0.635 e. The van der Waals surface area contributed by atoms with Crippen molar-refractivity contribution < 1.29 is 15.4 Å². The lowest BCUT2D eigenvalue weighted by molar-refractivity contribution is -0.614. The van der Waals surface area contributed by atoms with Crippen LogP contribution in [0.5, 0.6) is 0 Å². The van der Waals surface area contributed by atoms with Gasteiger partial charge in [-0.05, 0) is 5.56 Å². The van der Waals surface area contributed by atoms with Crippen LogP contribution in [0, 0.1) is 5.21 Å². The Bertz CT molecular complexity index is 273. The zero-order valence-electron chi connectivity index (χ0n) is 7.01. The van der Waals surface area contributed by atoms with Gasteiger partial charge in [-0.25, -0.2) is 4.79 Å². The van der Waals surface area contributed by atoms with Gasteiger partial charge in [0.25, 0.3) is 0 Å². The lowest BCUT2D eigenvalue weighted by atomic mass is 10.1. The Morgan fingerprint density at radius 3 is 2.54 bits per heavy atom. The fourth-order valence-corrected chi connectivity index (χ4v) is 1.06. The molecular formula is C9H11NO3. The highest BCUT2D eigenvalue weighted by molar-refractivity contribution is 5.72. The summed E-state index contributed by atoms with van der Waals surface area (Å²) >= 11 is 0. The molecule has 0 fully saturated rings. The van der Waals surface area contributed by atoms with Crippen LogP contribution < -0.4 is 5.48 Å². The maximum absolute atomic E-state index is 10.5. The van der Waals surface area contributed by atoms with Gasteiger partial charge in [-0.15, -0.1) is 0 Å². The van der Waals surface area contributed by atoms with Gasteiger partial charge in [0.1, 0.15) is 0 Å². The highest BCUT2D eigenvalue weighted by atomic mass is 16.5. The zero-order chi connectivity index (χ0) is 9.68. The van der Waals surface area contributed by atoms with Crippen LogP contribution in [-0.2, 0) is 11.2 Å². The van der Waals surface area contributed by atoms with E-state index in [1.165, 1.54) is 0 Å². The Hall–Kier alpha value is -1.39. The van der Waals surface area contributed by atoms with Crippen LogP contribution in [0.3, 0.4) is 0 Å². The van der Waals surface area contributed by atoms with Crippen LogP contribution in [0.25, 0.3) is 0 Å². The average molecular weight is 181 g/mol. The first kappa shape index (κ1) is 9.70. The van der Waals surface area contributed by atoms with E-state index in [4.69, 9.17) is 5.11 Å². The van der Waals surface area contributed by atoms with Crippen molar-refractivity contribution in [3.8, 4) is 0 Å². The van der Waals surface area contributed by atoms with E-state index in [9.17, 15) is 10.0 Å². The number of quaternary nitrogens is 1. The number of benzene rings is 1. The number of carbonyl (C=O) groups is 1. The van der Waals surface area contributed by atoms with E-state index in [0.717, 1.165) is 5.56 Å². The van der Waals surface area contributed by atoms with Gasteiger partial charge < -0.3 is 15.8 Å². The number of rotatable bonds is 4. The van der Waals surface area contributed by atoms with Crippen LogP contribution in [0.4, 0.5) is 0 Å². The summed E-state index contributed by atoms with van der Waals surface area (Å²) in [5.41, 5.74) is 1.33. The molecule has 0 aliphatic rings. The molecule has 4 nitrogen and oxygen atoms in total. The smallest absolute Gasteiger partial charge is 0.363 e. The molecule has 1 aromatic carbocycles. The number of aliphatic carboxylic acids is 1.